The van der Waals surface area contributed by atoms with Crippen molar-refractivity contribution in [1.29, 1.82) is 0 Å². The lowest BCUT2D eigenvalue weighted by atomic mass is 10.3. The van der Waals surface area contributed by atoms with Crippen LogP contribution in [0.5, 0.6) is 0 Å². The lowest BCUT2D eigenvalue weighted by Gasteiger charge is -2.00. The summed E-state index contributed by atoms with van der Waals surface area (Å²) in [6.07, 6.45) is 0. The van der Waals surface area contributed by atoms with Crippen LogP contribution in [0.1, 0.15) is 10.9 Å². The molecule has 1 rings (SSSR count). The first-order valence-electron chi connectivity index (χ1n) is 2.83. The molecule has 0 spiro atoms. The van der Waals surface area contributed by atoms with Gasteiger partial charge in [-0.05, 0) is 22.0 Å². The number of nitrogens with two attached hydrogens (primary N) is 1. The second-order valence-electron chi connectivity index (χ2n) is 1.98. The van der Waals surface area contributed by atoms with Crippen LogP contribution in [0.3, 0.4) is 0 Å². The van der Waals surface area contributed by atoms with Crippen LogP contribution in [0.15, 0.2) is 15.9 Å². The Labute approximate surface area is 76.0 Å². The van der Waals surface area contributed by atoms with Gasteiger partial charge in [0.05, 0.1) is 0 Å². The molecule has 0 aliphatic heterocycles. The van der Waals surface area contributed by atoms with Crippen molar-refractivity contribution in [3.8, 4) is 0 Å². The van der Waals surface area contributed by atoms with Crippen LogP contribution in [-0.4, -0.2) is 11.1 Å². The average Bonchev–Trinajstić information content (AvgIpc) is 2.34. The summed E-state index contributed by atoms with van der Waals surface area (Å²) in [6, 6.07) is 0.815. The standard InChI is InChI=1S/C6H6BrNO2S/c7-3-1-4(11-2-3)5(8)6(9)10/h1-2,5H,8H2,(H,9,10). The third-order valence-corrected chi connectivity index (χ3v) is 2.94. The zero-order valence-electron chi connectivity index (χ0n) is 5.45. The van der Waals surface area contributed by atoms with E-state index in [2.05, 4.69) is 15.9 Å². The minimum Gasteiger partial charge on any atom is -0.480 e. The molecule has 0 amide bonds. The number of aliphatic carboxylic acids is 1. The van der Waals surface area contributed by atoms with Gasteiger partial charge < -0.3 is 10.8 Å². The molecule has 0 bridgehead atoms. The van der Waals surface area contributed by atoms with Crippen LogP contribution >= 0.6 is 27.3 Å². The molecular formula is C6H6BrNO2S. The van der Waals surface area contributed by atoms with Crippen molar-refractivity contribution in [1.82, 2.24) is 0 Å². The van der Waals surface area contributed by atoms with Gasteiger partial charge in [-0.1, -0.05) is 0 Å². The zero-order valence-corrected chi connectivity index (χ0v) is 7.85. The predicted molar refractivity (Wildman–Crippen MR) is 46.6 cm³/mol. The van der Waals surface area contributed by atoms with E-state index in [1.54, 1.807) is 11.4 Å². The molecule has 1 aromatic rings. The maximum Gasteiger partial charge on any atom is 0.325 e. The second kappa shape index (κ2) is 3.34. The van der Waals surface area contributed by atoms with Gasteiger partial charge in [-0.25, -0.2) is 0 Å². The Bertz CT molecular complexity index is 273. The Kier molecular flexibility index (Phi) is 2.64. The van der Waals surface area contributed by atoms with Crippen LogP contribution in [0.25, 0.3) is 0 Å². The molecule has 0 aliphatic rings. The summed E-state index contributed by atoms with van der Waals surface area (Å²) < 4.78 is 0.870. The highest BCUT2D eigenvalue weighted by atomic mass is 79.9. The molecule has 11 heavy (non-hydrogen) atoms. The molecule has 1 atom stereocenters. The molecule has 0 aliphatic carbocycles. The fourth-order valence-corrected chi connectivity index (χ4v) is 2.05. The normalized spacial score (nSPS) is 12.9. The van der Waals surface area contributed by atoms with Gasteiger partial charge in [0.1, 0.15) is 6.04 Å². The monoisotopic (exact) mass is 235 g/mol. The summed E-state index contributed by atoms with van der Waals surface area (Å²) in [4.78, 5) is 11.0. The van der Waals surface area contributed by atoms with Crippen molar-refractivity contribution in [3.63, 3.8) is 0 Å². The van der Waals surface area contributed by atoms with Gasteiger partial charge in [0.15, 0.2) is 0 Å². The van der Waals surface area contributed by atoms with Gasteiger partial charge in [0, 0.05) is 14.7 Å². The van der Waals surface area contributed by atoms with E-state index in [1.165, 1.54) is 11.3 Å². The quantitative estimate of drug-likeness (QED) is 0.819. The molecule has 3 nitrogen and oxygen atoms in total. The Morgan fingerprint density at radius 2 is 2.45 bits per heavy atom. The maximum atomic E-state index is 10.4. The summed E-state index contributed by atoms with van der Waals surface area (Å²) >= 11 is 4.54. The Morgan fingerprint density at radius 1 is 1.82 bits per heavy atom. The first-order valence-corrected chi connectivity index (χ1v) is 4.51. The highest BCUT2D eigenvalue weighted by Crippen LogP contribution is 2.24. The summed E-state index contributed by atoms with van der Waals surface area (Å²) in [5.41, 5.74) is 5.34. The van der Waals surface area contributed by atoms with Crippen LogP contribution in [0, 0.1) is 0 Å². The van der Waals surface area contributed by atoms with E-state index in [1.807, 2.05) is 0 Å². The number of carboxylic acid groups (broad SMARTS) is 1. The Morgan fingerprint density at radius 3 is 2.82 bits per heavy atom. The summed E-state index contributed by atoms with van der Waals surface area (Å²) in [5, 5.41) is 10.3. The molecule has 0 aromatic carbocycles. The van der Waals surface area contributed by atoms with Crippen LogP contribution in [0.4, 0.5) is 0 Å². The summed E-state index contributed by atoms with van der Waals surface area (Å²) in [7, 11) is 0. The van der Waals surface area contributed by atoms with Gasteiger partial charge in [0.2, 0.25) is 0 Å². The van der Waals surface area contributed by atoms with Crippen LogP contribution in [0.2, 0.25) is 0 Å². The molecule has 1 aromatic heterocycles. The molecule has 60 valence electrons. The van der Waals surface area contributed by atoms with Gasteiger partial charge in [-0.2, -0.15) is 0 Å². The van der Waals surface area contributed by atoms with Crippen molar-refractivity contribution in [2.75, 3.05) is 0 Å². The van der Waals surface area contributed by atoms with E-state index in [0.29, 0.717) is 4.88 Å². The smallest absolute Gasteiger partial charge is 0.325 e. The Balaban J connectivity index is 2.84. The van der Waals surface area contributed by atoms with Gasteiger partial charge in [0.25, 0.3) is 0 Å². The second-order valence-corrected chi connectivity index (χ2v) is 3.84. The van der Waals surface area contributed by atoms with E-state index in [-0.39, 0.29) is 0 Å². The molecular weight excluding hydrogens is 230 g/mol. The molecule has 0 saturated carbocycles. The minimum absolute atomic E-state index is 0.657. The van der Waals surface area contributed by atoms with Crippen molar-refractivity contribution in [3.05, 3.63) is 20.8 Å². The van der Waals surface area contributed by atoms with E-state index < -0.39 is 12.0 Å². The topological polar surface area (TPSA) is 63.3 Å². The SMILES string of the molecule is NC(C(=O)O)c1cc(Br)cs1. The molecule has 3 N–H and O–H groups in total. The molecule has 0 fully saturated rings. The fourth-order valence-electron chi connectivity index (χ4n) is 0.613. The number of hydrogen-bond acceptors (Lipinski definition) is 3. The average molecular weight is 236 g/mol. The van der Waals surface area contributed by atoms with Gasteiger partial charge in [-0.3, -0.25) is 4.79 Å². The Hall–Kier alpha value is -0.390. The maximum absolute atomic E-state index is 10.4. The van der Waals surface area contributed by atoms with E-state index in [9.17, 15) is 4.79 Å². The van der Waals surface area contributed by atoms with Crippen LogP contribution < -0.4 is 5.73 Å². The van der Waals surface area contributed by atoms with Crippen molar-refractivity contribution in [2.24, 2.45) is 5.73 Å². The van der Waals surface area contributed by atoms with E-state index in [4.69, 9.17) is 10.8 Å². The predicted octanol–water partition coefficient (Wildman–Crippen LogP) is 1.60. The number of hydrogen-bond donors (Lipinski definition) is 2. The highest BCUT2D eigenvalue weighted by molar-refractivity contribution is 9.10. The largest absolute Gasteiger partial charge is 0.480 e. The first kappa shape index (κ1) is 8.70. The fraction of sp³-hybridized carbons (Fsp3) is 0.167. The summed E-state index contributed by atoms with van der Waals surface area (Å²) in [5.74, 6) is -1.00. The first-order chi connectivity index (χ1) is 5.11. The van der Waals surface area contributed by atoms with Crippen LogP contribution in [-0.2, 0) is 4.79 Å². The van der Waals surface area contributed by atoms with E-state index in [0.717, 1.165) is 4.47 Å². The summed E-state index contributed by atoms with van der Waals surface area (Å²) in [6.45, 7) is 0. The van der Waals surface area contributed by atoms with Crippen molar-refractivity contribution >= 4 is 33.2 Å². The van der Waals surface area contributed by atoms with Gasteiger partial charge >= 0.3 is 5.97 Å². The number of halogens is 1. The number of carboxylic acids is 1. The molecule has 1 heterocycles. The molecule has 5 heteroatoms. The third kappa shape index (κ3) is 2.02. The highest BCUT2D eigenvalue weighted by Gasteiger charge is 2.15. The number of carbonyl (C=O) groups is 1. The van der Waals surface area contributed by atoms with Gasteiger partial charge in [-0.15, -0.1) is 11.3 Å². The molecule has 0 radical (unpaired) electrons. The lowest BCUT2D eigenvalue weighted by molar-refractivity contribution is -0.138. The lowest BCUT2D eigenvalue weighted by Crippen LogP contribution is -2.19. The van der Waals surface area contributed by atoms with Crippen molar-refractivity contribution < 1.29 is 9.90 Å². The molecule has 1 unspecified atom stereocenters. The minimum atomic E-state index is -1.00. The zero-order chi connectivity index (χ0) is 8.43. The van der Waals surface area contributed by atoms with Crippen molar-refractivity contribution in [2.45, 2.75) is 6.04 Å². The third-order valence-electron chi connectivity index (χ3n) is 1.16. The molecule has 0 saturated heterocycles. The van der Waals surface area contributed by atoms with E-state index >= 15 is 0 Å². The number of rotatable bonds is 2. The number of thiophene rings is 1.